The van der Waals surface area contributed by atoms with Gasteiger partial charge in [-0.1, -0.05) is 12.1 Å². The predicted molar refractivity (Wildman–Crippen MR) is 82.4 cm³/mol. The van der Waals surface area contributed by atoms with Crippen LogP contribution in [0.15, 0.2) is 54.9 Å². The Morgan fingerprint density at radius 3 is 2.36 bits per heavy atom. The number of hydrogen-bond donors (Lipinski definition) is 1. The van der Waals surface area contributed by atoms with Crippen LogP contribution in [0.3, 0.4) is 0 Å². The zero-order valence-electron chi connectivity index (χ0n) is 11.3. The standard InChI is InChI=1S/C16H11F3N2S/c17-16(18,19)12-3-1-2-11(8-12)15-13(9-14(20)22-15)10-4-6-21-7-5-10/h1-9H,20H2. The first-order valence-corrected chi connectivity index (χ1v) is 7.24. The molecule has 0 bridgehead atoms. The average molecular weight is 320 g/mol. The van der Waals surface area contributed by atoms with Crippen molar-refractivity contribution in [1.29, 1.82) is 0 Å². The molecule has 0 amide bonds. The van der Waals surface area contributed by atoms with Gasteiger partial charge in [0.2, 0.25) is 0 Å². The van der Waals surface area contributed by atoms with E-state index in [1.165, 1.54) is 17.4 Å². The molecule has 0 atom stereocenters. The van der Waals surface area contributed by atoms with Crippen LogP contribution in [0.25, 0.3) is 21.6 Å². The van der Waals surface area contributed by atoms with Crippen LogP contribution in [0.4, 0.5) is 18.2 Å². The molecular weight excluding hydrogens is 309 g/mol. The monoisotopic (exact) mass is 320 g/mol. The maximum absolute atomic E-state index is 12.9. The lowest BCUT2D eigenvalue weighted by atomic mass is 10.0. The van der Waals surface area contributed by atoms with E-state index in [4.69, 9.17) is 5.73 Å². The van der Waals surface area contributed by atoms with Gasteiger partial charge in [-0.15, -0.1) is 11.3 Å². The fourth-order valence-electron chi connectivity index (χ4n) is 2.21. The van der Waals surface area contributed by atoms with Crippen molar-refractivity contribution >= 4 is 16.3 Å². The number of nitrogen functional groups attached to an aromatic ring is 1. The molecule has 2 N–H and O–H groups in total. The summed E-state index contributed by atoms with van der Waals surface area (Å²) in [4.78, 5) is 4.67. The van der Waals surface area contributed by atoms with Crippen molar-refractivity contribution in [3.63, 3.8) is 0 Å². The molecule has 22 heavy (non-hydrogen) atoms. The molecule has 3 aromatic rings. The number of anilines is 1. The van der Waals surface area contributed by atoms with Crippen molar-refractivity contribution in [2.24, 2.45) is 0 Å². The SMILES string of the molecule is Nc1cc(-c2ccncc2)c(-c2cccc(C(F)(F)F)c2)s1. The number of thiophene rings is 1. The van der Waals surface area contributed by atoms with Crippen LogP contribution in [-0.2, 0) is 6.18 Å². The zero-order valence-corrected chi connectivity index (χ0v) is 12.1. The summed E-state index contributed by atoms with van der Waals surface area (Å²) in [6.45, 7) is 0. The first-order valence-electron chi connectivity index (χ1n) is 6.42. The summed E-state index contributed by atoms with van der Waals surface area (Å²) in [6, 6.07) is 10.7. The Kier molecular flexibility index (Phi) is 3.62. The number of halogens is 3. The first-order chi connectivity index (χ1) is 10.4. The zero-order chi connectivity index (χ0) is 15.7. The highest BCUT2D eigenvalue weighted by Crippen LogP contribution is 2.42. The number of nitrogens with two attached hydrogens (primary N) is 1. The summed E-state index contributed by atoms with van der Waals surface area (Å²) >= 11 is 1.27. The highest BCUT2D eigenvalue weighted by molar-refractivity contribution is 7.19. The van der Waals surface area contributed by atoms with Gasteiger partial charge in [0.25, 0.3) is 0 Å². The van der Waals surface area contributed by atoms with Crippen LogP contribution in [0.1, 0.15) is 5.56 Å². The van der Waals surface area contributed by atoms with E-state index >= 15 is 0 Å². The second-order valence-electron chi connectivity index (χ2n) is 4.71. The molecule has 2 heterocycles. The lowest BCUT2D eigenvalue weighted by molar-refractivity contribution is -0.137. The van der Waals surface area contributed by atoms with Gasteiger partial charge < -0.3 is 5.73 Å². The molecule has 0 aliphatic carbocycles. The van der Waals surface area contributed by atoms with Crippen LogP contribution in [0.2, 0.25) is 0 Å². The third kappa shape index (κ3) is 2.82. The molecule has 0 saturated heterocycles. The number of benzene rings is 1. The Morgan fingerprint density at radius 1 is 0.955 bits per heavy atom. The minimum absolute atomic E-state index is 0.503. The van der Waals surface area contributed by atoms with E-state index in [1.54, 1.807) is 36.7 Å². The van der Waals surface area contributed by atoms with Crippen LogP contribution in [0, 0.1) is 0 Å². The van der Waals surface area contributed by atoms with Gasteiger partial charge >= 0.3 is 6.18 Å². The van der Waals surface area contributed by atoms with Crippen LogP contribution in [-0.4, -0.2) is 4.98 Å². The Morgan fingerprint density at radius 2 is 1.68 bits per heavy atom. The van der Waals surface area contributed by atoms with Gasteiger partial charge in [0, 0.05) is 22.8 Å². The van der Waals surface area contributed by atoms with E-state index in [1.807, 2.05) is 0 Å². The molecule has 0 radical (unpaired) electrons. The van der Waals surface area contributed by atoms with E-state index < -0.39 is 11.7 Å². The second kappa shape index (κ2) is 5.46. The molecule has 0 unspecified atom stereocenters. The van der Waals surface area contributed by atoms with E-state index in [2.05, 4.69) is 4.98 Å². The molecule has 6 heteroatoms. The minimum Gasteiger partial charge on any atom is -0.391 e. The van der Waals surface area contributed by atoms with E-state index in [9.17, 15) is 13.2 Å². The van der Waals surface area contributed by atoms with E-state index in [0.29, 0.717) is 10.6 Å². The van der Waals surface area contributed by atoms with Gasteiger partial charge in [-0.25, -0.2) is 0 Å². The fraction of sp³-hybridized carbons (Fsp3) is 0.0625. The summed E-state index contributed by atoms with van der Waals surface area (Å²) in [7, 11) is 0. The molecule has 0 aliphatic rings. The number of pyridine rings is 1. The van der Waals surface area contributed by atoms with Gasteiger partial charge in [-0.05, 0) is 41.5 Å². The Labute approximate surface area is 129 Å². The largest absolute Gasteiger partial charge is 0.416 e. The van der Waals surface area contributed by atoms with Crippen LogP contribution in [0.5, 0.6) is 0 Å². The number of nitrogens with zero attached hydrogens (tertiary/aromatic N) is 1. The number of rotatable bonds is 2. The summed E-state index contributed by atoms with van der Waals surface area (Å²) in [5.74, 6) is 0. The number of hydrogen-bond acceptors (Lipinski definition) is 3. The van der Waals surface area contributed by atoms with Gasteiger partial charge in [0.1, 0.15) is 0 Å². The number of alkyl halides is 3. The summed E-state index contributed by atoms with van der Waals surface area (Å²) in [6.07, 6.45) is -1.09. The Bertz CT molecular complexity index is 795. The minimum atomic E-state index is -4.37. The Balaban J connectivity index is 2.14. The van der Waals surface area contributed by atoms with Crippen LogP contribution >= 0.6 is 11.3 Å². The summed E-state index contributed by atoms with van der Waals surface area (Å²) in [5.41, 5.74) is 7.37. The normalized spacial score (nSPS) is 11.6. The van der Waals surface area contributed by atoms with Crippen LogP contribution < -0.4 is 5.73 Å². The van der Waals surface area contributed by atoms with Crippen molar-refractivity contribution in [1.82, 2.24) is 4.98 Å². The molecule has 3 rings (SSSR count). The third-order valence-electron chi connectivity index (χ3n) is 3.19. The molecule has 0 fully saturated rings. The lowest BCUT2D eigenvalue weighted by Crippen LogP contribution is -2.04. The van der Waals surface area contributed by atoms with Crippen molar-refractivity contribution in [2.75, 3.05) is 5.73 Å². The quantitative estimate of drug-likeness (QED) is 0.715. The second-order valence-corrected chi connectivity index (χ2v) is 5.79. The molecular formula is C16H11F3N2S. The van der Waals surface area contributed by atoms with Gasteiger partial charge in [-0.3, -0.25) is 4.98 Å². The molecule has 2 aromatic heterocycles. The van der Waals surface area contributed by atoms with Crippen molar-refractivity contribution < 1.29 is 13.2 Å². The van der Waals surface area contributed by atoms with Gasteiger partial charge in [-0.2, -0.15) is 13.2 Å². The molecule has 0 aliphatic heterocycles. The number of aromatic nitrogens is 1. The maximum atomic E-state index is 12.9. The molecule has 0 saturated carbocycles. The summed E-state index contributed by atoms with van der Waals surface area (Å²) in [5, 5.41) is 0.555. The predicted octanol–water partition coefficient (Wildman–Crippen LogP) is 5.08. The van der Waals surface area contributed by atoms with Crippen molar-refractivity contribution in [2.45, 2.75) is 6.18 Å². The Hall–Kier alpha value is -2.34. The highest BCUT2D eigenvalue weighted by Gasteiger charge is 2.30. The fourth-order valence-corrected chi connectivity index (χ4v) is 3.15. The molecule has 112 valence electrons. The topological polar surface area (TPSA) is 38.9 Å². The maximum Gasteiger partial charge on any atom is 0.416 e. The van der Waals surface area contributed by atoms with Gasteiger partial charge in [0.15, 0.2) is 0 Å². The van der Waals surface area contributed by atoms with E-state index in [-0.39, 0.29) is 0 Å². The summed E-state index contributed by atoms with van der Waals surface area (Å²) < 4.78 is 38.6. The lowest BCUT2D eigenvalue weighted by Gasteiger charge is -2.09. The smallest absolute Gasteiger partial charge is 0.391 e. The van der Waals surface area contributed by atoms with Gasteiger partial charge in [0.05, 0.1) is 10.6 Å². The average Bonchev–Trinajstić information content (AvgIpc) is 2.89. The molecule has 1 aromatic carbocycles. The van der Waals surface area contributed by atoms with Crippen molar-refractivity contribution in [3.05, 3.63) is 60.4 Å². The van der Waals surface area contributed by atoms with Crippen molar-refractivity contribution in [3.8, 4) is 21.6 Å². The third-order valence-corrected chi connectivity index (χ3v) is 4.21. The van der Waals surface area contributed by atoms with E-state index in [0.717, 1.165) is 28.1 Å². The highest BCUT2D eigenvalue weighted by atomic mass is 32.1. The molecule has 0 spiro atoms. The first kappa shape index (κ1) is 14.6. The molecule has 2 nitrogen and oxygen atoms in total.